The molecule has 0 saturated carbocycles. The number of benzene rings is 1. The summed E-state index contributed by atoms with van der Waals surface area (Å²) in [5.74, 6) is -0.238. The molecule has 3 nitrogen and oxygen atoms in total. The lowest BCUT2D eigenvalue weighted by molar-refractivity contribution is 0.300. The van der Waals surface area contributed by atoms with Gasteiger partial charge in [-0.25, -0.2) is 4.39 Å². The second kappa shape index (κ2) is 9.79. The van der Waals surface area contributed by atoms with E-state index in [2.05, 4.69) is 10.6 Å². The molecule has 0 aliphatic carbocycles. The monoisotopic (exact) mass is 272 g/mol. The zero-order valence-electron chi connectivity index (χ0n) is 11.1. The molecule has 18 heavy (non-hydrogen) atoms. The van der Waals surface area contributed by atoms with Crippen LogP contribution in [0.3, 0.4) is 0 Å². The van der Waals surface area contributed by atoms with Crippen LogP contribution in [0.1, 0.15) is 25.0 Å². The zero-order chi connectivity index (χ0) is 14.0. The lowest BCUT2D eigenvalue weighted by Crippen LogP contribution is -2.36. The summed E-state index contributed by atoms with van der Waals surface area (Å²) in [7, 11) is 0. The van der Waals surface area contributed by atoms with Crippen LogP contribution in [0.5, 0.6) is 0 Å². The largest absolute Gasteiger partial charge is 0.395 e. The maximum absolute atomic E-state index is 13.4. The van der Waals surface area contributed by atoms with Crippen LogP contribution in [-0.4, -0.2) is 23.4 Å². The third kappa shape index (κ3) is 5.93. The van der Waals surface area contributed by atoms with Crippen LogP contribution in [0, 0.1) is 12.7 Å². The number of thiocarbonyl (C=S) groups is 1. The van der Waals surface area contributed by atoms with Crippen molar-refractivity contribution in [3.8, 4) is 0 Å². The van der Waals surface area contributed by atoms with Crippen LogP contribution in [0.2, 0.25) is 0 Å². The number of hydrogen-bond donors (Lipinski definition) is 3. The van der Waals surface area contributed by atoms with Crippen LogP contribution in [0.4, 0.5) is 4.39 Å². The fraction of sp³-hybridized carbons (Fsp3) is 0.462. The average Bonchev–Trinajstić information content (AvgIpc) is 2.38. The van der Waals surface area contributed by atoms with Crippen LogP contribution >= 0.6 is 12.2 Å². The quantitative estimate of drug-likeness (QED) is 0.735. The molecule has 0 saturated heterocycles. The molecule has 0 aliphatic rings. The van der Waals surface area contributed by atoms with Crippen LogP contribution in [0.15, 0.2) is 18.2 Å². The van der Waals surface area contributed by atoms with E-state index in [1.54, 1.807) is 6.07 Å². The van der Waals surface area contributed by atoms with E-state index in [0.717, 1.165) is 5.56 Å². The highest BCUT2D eigenvalue weighted by molar-refractivity contribution is 7.80. The Morgan fingerprint density at radius 1 is 1.33 bits per heavy atom. The number of hydrogen-bond acceptors (Lipinski definition) is 2. The van der Waals surface area contributed by atoms with Crippen molar-refractivity contribution < 1.29 is 9.50 Å². The van der Waals surface area contributed by atoms with E-state index in [1.165, 1.54) is 6.07 Å². The fourth-order valence-corrected chi connectivity index (χ4v) is 1.47. The molecule has 1 rings (SSSR count). The molecule has 0 radical (unpaired) electrons. The molecule has 102 valence electrons. The number of aliphatic hydroxyl groups is 1. The molecule has 0 spiro atoms. The Morgan fingerprint density at radius 3 is 2.56 bits per heavy atom. The molecule has 1 aromatic rings. The van der Waals surface area contributed by atoms with Gasteiger partial charge in [-0.3, -0.25) is 0 Å². The summed E-state index contributed by atoms with van der Waals surface area (Å²) < 4.78 is 13.4. The van der Waals surface area contributed by atoms with Crippen LogP contribution < -0.4 is 10.6 Å². The highest BCUT2D eigenvalue weighted by Gasteiger charge is 2.05. The highest BCUT2D eigenvalue weighted by Crippen LogP contribution is 2.11. The van der Waals surface area contributed by atoms with E-state index in [-0.39, 0.29) is 12.4 Å². The second-order valence-electron chi connectivity index (χ2n) is 3.37. The Bertz CT molecular complexity index is 352. The van der Waals surface area contributed by atoms with Gasteiger partial charge in [-0.1, -0.05) is 26.0 Å². The van der Waals surface area contributed by atoms with Gasteiger partial charge in [-0.15, -0.1) is 0 Å². The van der Waals surface area contributed by atoms with Gasteiger partial charge in [0.15, 0.2) is 5.11 Å². The van der Waals surface area contributed by atoms with E-state index >= 15 is 0 Å². The summed E-state index contributed by atoms with van der Waals surface area (Å²) in [5, 5.41) is 14.7. The minimum Gasteiger partial charge on any atom is -0.395 e. The molecule has 0 atom stereocenters. The van der Waals surface area contributed by atoms with Crippen molar-refractivity contribution >= 4 is 17.3 Å². The average molecular weight is 272 g/mol. The lowest BCUT2D eigenvalue weighted by atomic mass is 10.1. The molecular weight excluding hydrogens is 251 g/mol. The molecule has 0 aliphatic heterocycles. The smallest absolute Gasteiger partial charge is 0.166 e. The van der Waals surface area contributed by atoms with E-state index in [4.69, 9.17) is 17.3 Å². The van der Waals surface area contributed by atoms with Crippen LogP contribution in [0.25, 0.3) is 0 Å². The number of rotatable bonds is 4. The lowest BCUT2D eigenvalue weighted by Gasteiger charge is -2.11. The first-order chi connectivity index (χ1) is 8.65. The summed E-state index contributed by atoms with van der Waals surface area (Å²) >= 11 is 4.95. The molecule has 0 unspecified atom stereocenters. The van der Waals surface area contributed by atoms with Crippen molar-refractivity contribution in [2.75, 3.05) is 13.2 Å². The molecule has 0 amide bonds. The van der Waals surface area contributed by atoms with Gasteiger partial charge < -0.3 is 15.7 Å². The predicted octanol–water partition coefficient (Wildman–Crippen LogP) is 2.12. The molecule has 0 aromatic heterocycles. The summed E-state index contributed by atoms with van der Waals surface area (Å²) in [4.78, 5) is 0. The first kappa shape index (κ1) is 16.8. The van der Waals surface area contributed by atoms with Gasteiger partial charge in [0.25, 0.3) is 0 Å². The normalized spacial score (nSPS) is 9.17. The van der Waals surface area contributed by atoms with Gasteiger partial charge in [0, 0.05) is 18.7 Å². The first-order valence-corrected chi connectivity index (χ1v) is 6.42. The molecule has 0 bridgehead atoms. The van der Waals surface area contributed by atoms with Crippen molar-refractivity contribution in [2.45, 2.75) is 27.3 Å². The Balaban J connectivity index is 0.00000137. The predicted molar refractivity (Wildman–Crippen MR) is 77.0 cm³/mol. The molecule has 1 aromatic carbocycles. The maximum Gasteiger partial charge on any atom is 0.166 e. The minimum absolute atomic E-state index is 0.0144. The van der Waals surface area contributed by atoms with Gasteiger partial charge in [-0.2, -0.15) is 0 Å². The van der Waals surface area contributed by atoms with Gasteiger partial charge in [0.1, 0.15) is 5.82 Å². The van der Waals surface area contributed by atoms with E-state index in [9.17, 15) is 4.39 Å². The summed E-state index contributed by atoms with van der Waals surface area (Å²) in [6.45, 7) is 6.60. The van der Waals surface area contributed by atoms with E-state index in [0.29, 0.717) is 23.8 Å². The summed E-state index contributed by atoms with van der Waals surface area (Å²) in [6, 6.07) is 4.95. The molecular formula is C13H21FN2OS. The number of halogens is 1. The van der Waals surface area contributed by atoms with Crippen molar-refractivity contribution in [1.29, 1.82) is 0 Å². The number of aliphatic hydroxyl groups excluding tert-OH is 1. The second-order valence-corrected chi connectivity index (χ2v) is 3.78. The van der Waals surface area contributed by atoms with E-state index in [1.807, 2.05) is 26.8 Å². The van der Waals surface area contributed by atoms with Gasteiger partial charge in [-0.05, 0) is 30.8 Å². The molecule has 5 heteroatoms. The summed E-state index contributed by atoms with van der Waals surface area (Å²) in [5.41, 5.74) is 1.49. The number of aryl methyl sites for hydroxylation is 1. The fourth-order valence-electron chi connectivity index (χ4n) is 1.29. The number of nitrogens with one attached hydrogen (secondary N) is 2. The van der Waals surface area contributed by atoms with Crippen molar-refractivity contribution in [3.63, 3.8) is 0 Å². The Morgan fingerprint density at radius 2 is 2.00 bits per heavy atom. The van der Waals surface area contributed by atoms with Gasteiger partial charge >= 0.3 is 0 Å². The highest BCUT2D eigenvalue weighted by atomic mass is 32.1. The third-order valence-electron chi connectivity index (χ3n) is 2.18. The standard InChI is InChI=1S/C11H15FN2OS.C2H6/c1-8-3-2-4-10(12)9(8)7-14-11(16)13-5-6-15;1-2/h2-4,15H,5-7H2,1H3,(H2,13,14,16);1-2H3. The topological polar surface area (TPSA) is 44.3 Å². The zero-order valence-corrected chi connectivity index (χ0v) is 11.9. The van der Waals surface area contributed by atoms with Crippen molar-refractivity contribution in [1.82, 2.24) is 10.6 Å². The SMILES string of the molecule is CC.Cc1cccc(F)c1CNC(=S)NCCO. The van der Waals surface area contributed by atoms with Gasteiger partial charge in [0.05, 0.1) is 6.61 Å². The van der Waals surface area contributed by atoms with Gasteiger partial charge in [0.2, 0.25) is 0 Å². The molecule has 0 heterocycles. The Labute approximate surface area is 113 Å². The summed E-state index contributed by atoms with van der Waals surface area (Å²) in [6.07, 6.45) is 0. The molecule has 3 N–H and O–H groups in total. The maximum atomic E-state index is 13.4. The molecule has 0 fully saturated rings. The Hall–Kier alpha value is -1.20. The third-order valence-corrected chi connectivity index (χ3v) is 2.46. The van der Waals surface area contributed by atoms with Crippen molar-refractivity contribution in [3.05, 3.63) is 35.1 Å². The van der Waals surface area contributed by atoms with Crippen molar-refractivity contribution in [2.24, 2.45) is 0 Å². The van der Waals surface area contributed by atoms with Crippen LogP contribution in [-0.2, 0) is 6.54 Å². The Kier molecular flexibility index (Phi) is 9.14. The first-order valence-electron chi connectivity index (χ1n) is 6.01. The van der Waals surface area contributed by atoms with E-state index < -0.39 is 0 Å². The minimum atomic E-state index is -0.238.